The molecule has 13 heteroatoms. The van der Waals surface area contributed by atoms with Gasteiger partial charge in [0.2, 0.25) is 0 Å². The number of carbonyl (C=O) groups is 1. The van der Waals surface area contributed by atoms with E-state index >= 15 is 0 Å². The largest absolute Gasteiger partial charge is 0.573 e. The molecule has 2 aliphatic rings. The van der Waals surface area contributed by atoms with Crippen molar-refractivity contribution in [2.45, 2.75) is 50.4 Å². The first kappa shape index (κ1) is 29.9. The number of benzene rings is 2. The zero-order valence-corrected chi connectivity index (χ0v) is 21.4. The Morgan fingerprint density at radius 1 is 1.26 bits per heavy atom. The summed E-state index contributed by atoms with van der Waals surface area (Å²) >= 11 is 0. The van der Waals surface area contributed by atoms with Gasteiger partial charge in [-0.1, -0.05) is 6.07 Å². The molecule has 38 heavy (non-hydrogen) atoms. The molecule has 4 rings (SSSR count). The minimum absolute atomic E-state index is 0. The number of likely N-dealkylation sites (N-methyl/N-ethyl adjacent to an activating group) is 1. The number of likely N-dealkylation sites (tertiary alicyclic amines) is 1. The lowest BCUT2D eigenvalue weighted by molar-refractivity contribution is -0.275. The van der Waals surface area contributed by atoms with Crippen molar-refractivity contribution >= 4 is 18.3 Å². The monoisotopic (exact) mass is 566 g/mol. The molecular weight excluding hydrogens is 539 g/mol. The fourth-order valence-electron chi connectivity index (χ4n) is 4.55. The maximum Gasteiger partial charge on any atom is 0.573 e. The zero-order chi connectivity index (χ0) is 27.0. The molecule has 2 N–H and O–H groups in total. The van der Waals surface area contributed by atoms with Crippen molar-refractivity contribution in [2.75, 3.05) is 26.8 Å². The van der Waals surface area contributed by atoms with E-state index < -0.39 is 42.7 Å². The van der Waals surface area contributed by atoms with Crippen molar-refractivity contribution in [1.29, 1.82) is 0 Å². The second kappa shape index (κ2) is 11.6. The van der Waals surface area contributed by atoms with Crippen molar-refractivity contribution in [3.63, 3.8) is 0 Å². The van der Waals surface area contributed by atoms with Gasteiger partial charge in [-0.3, -0.25) is 9.69 Å². The highest BCUT2D eigenvalue weighted by molar-refractivity contribution is 5.94. The minimum Gasteiger partial charge on any atom is -0.492 e. The number of nitrogens with zero attached hydrogens (tertiary/aromatic N) is 1. The lowest BCUT2D eigenvalue weighted by Crippen LogP contribution is -2.31. The first-order valence-corrected chi connectivity index (χ1v) is 11.6. The molecule has 0 bridgehead atoms. The quantitative estimate of drug-likeness (QED) is 0.478. The molecule has 2 aromatic rings. The lowest BCUT2D eigenvalue weighted by atomic mass is 9.97. The van der Waals surface area contributed by atoms with E-state index in [0.717, 1.165) is 12.1 Å². The number of rotatable bonds is 7. The molecule has 0 unspecified atom stereocenters. The Labute approximate surface area is 222 Å². The van der Waals surface area contributed by atoms with Crippen molar-refractivity contribution in [1.82, 2.24) is 10.2 Å². The zero-order valence-electron chi connectivity index (χ0n) is 20.6. The van der Waals surface area contributed by atoms with Crippen molar-refractivity contribution < 1.29 is 46.1 Å². The minimum atomic E-state index is -4.99. The Bertz CT molecular complexity index is 1150. The number of halogens is 6. The lowest BCUT2D eigenvalue weighted by Gasteiger charge is -2.26. The number of ether oxygens (including phenoxy) is 3. The van der Waals surface area contributed by atoms with Gasteiger partial charge in [0.15, 0.2) is 0 Å². The summed E-state index contributed by atoms with van der Waals surface area (Å²) in [5.74, 6) is -4.25. The summed E-state index contributed by atoms with van der Waals surface area (Å²) in [6.45, 7) is 1.28. The van der Waals surface area contributed by atoms with Gasteiger partial charge in [-0.05, 0) is 50.2 Å². The molecule has 0 radical (unpaired) electrons. The first-order valence-electron chi connectivity index (χ1n) is 11.6. The maximum atomic E-state index is 14.0. The predicted octanol–water partition coefficient (Wildman–Crippen LogP) is 4.56. The fourth-order valence-corrected chi connectivity index (χ4v) is 4.55. The Morgan fingerprint density at radius 2 is 2.00 bits per heavy atom. The summed E-state index contributed by atoms with van der Waals surface area (Å²) < 4.78 is 82.2. The van der Waals surface area contributed by atoms with Gasteiger partial charge < -0.3 is 24.6 Å². The Kier molecular flexibility index (Phi) is 9.12. The Balaban J connectivity index is 0.00000400. The molecule has 0 spiro atoms. The van der Waals surface area contributed by atoms with Crippen LogP contribution in [0.25, 0.3) is 0 Å². The van der Waals surface area contributed by atoms with E-state index in [1.807, 2.05) is 11.9 Å². The number of aliphatic hydroxyl groups is 1. The summed E-state index contributed by atoms with van der Waals surface area (Å²) in [5, 5.41) is 12.3. The summed E-state index contributed by atoms with van der Waals surface area (Å²) in [6, 6.07) is 6.57. The number of hydrogen-bond acceptors (Lipinski definition) is 6. The van der Waals surface area contributed by atoms with Crippen LogP contribution in [0.3, 0.4) is 0 Å². The number of amides is 1. The van der Waals surface area contributed by atoms with Crippen LogP contribution < -0.4 is 14.8 Å². The molecule has 0 saturated carbocycles. The van der Waals surface area contributed by atoms with Crippen LogP contribution in [0.5, 0.6) is 11.5 Å². The van der Waals surface area contributed by atoms with Crippen LogP contribution in [0.2, 0.25) is 0 Å². The molecule has 0 aromatic heterocycles. The molecule has 1 fully saturated rings. The van der Waals surface area contributed by atoms with Crippen molar-refractivity contribution in [2.24, 2.45) is 0 Å². The molecule has 1 saturated heterocycles. The van der Waals surface area contributed by atoms with E-state index in [9.17, 15) is 31.9 Å². The van der Waals surface area contributed by atoms with E-state index in [-0.39, 0.29) is 59.7 Å². The highest BCUT2D eigenvalue weighted by Gasteiger charge is 2.38. The summed E-state index contributed by atoms with van der Waals surface area (Å²) in [7, 11) is 1.82. The SMILES string of the molecule is C[C@H](NC(=O)c1ccc2c(c1)COCC2(F)F)c1ccc(OC[C@H]2C[C@@H](O)CN2C)cc1OC(F)(F)F.Cl. The summed E-state index contributed by atoms with van der Waals surface area (Å²) in [6.07, 6.45) is -5.00. The van der Waals surface area contributed by atoms with Crippen LogP contribution in [0.1, 0.15) is 46.4 Å². The van der Waals surface area contributed by atoms with E-state index in [4.69, 9.17) is 9.47 Å². The van der Waals surface area contributed by atoms with Gasteiger partial charge in [0.05, 0.1) is 18.8 Å². The van der Waals surface area contributed by atoms with Crippen molar-refractivity contribution in [3.8, 4) is 11.5 Å². The van der Waals surface area contributed by atoms with Crippen LogP contribution >= 0.6 is 12.4 Å². The molecular formula is C25H28ClF5N2O5. The topological polar surface area (TPSA) is 80.3 Å². The smallest absolute Gasteiger partial charge is 0.492 e. The maximum absolute atomic E-state index is 14.0. The normalized spacial score (nSPS) is 21.7. The number of nitrogens with one attached hydrogen (secondary N) is 1. The Morgan fingerprint density at radius 3 is 2.66 bits per heavy atom. The number of aliphatic hydroxyl groups excluding tert-OH is 1. The van der Waals surface area contributed by atoms with E-state index in [0.29, 0.717) is 13.0 Å². The highest BCUT2D eigenvalue weighted by Crippen LogP contribution is 2.37. The number of alkyl halides is 5. The van der Waals surface area contributed by atoms with Crippen LogP contribution in [-0.4, -0.2) is 61.2 Å². The third-order valence-corrected chi connectivity index (χ3v) is 6.44. The molecule has 3 atom stereocenters. The van der Waals surface area contributed by atoms with E-state index in [1.54, 1.807) is 0 Å². The van der Waals surface area contributed by atoms with Gasteiger partial charge >= 0.3 is 6.36 Å². The molecule has 2 aromatic carbocycles. The highest BCUT2D eigenvalue weighted by atomic mass is 35.5. The number of fused-ring (bicyclic) bond motifs is 1. The van der Waals surface area contributed by atoms with Gasteiger partial charge in [-0.25, -0.2) is 0 Å². The molecule has 1 amide bonds. The summed E-state index contributed by atoms with van der Waals surface area (Å²) in [5.41, 5.74) is 0.0463. The molecule has 210 valence electrons. The van der Waals surface area contributed by atoms with Crippen LogP contribution in [0, 0.1) is 0 Å². The van der Waals surface area contributed by atoms with Gasteiger partial charge in [0.1, 0.15) is 24.7 Å². The Hall–Kier alpha value is -2.67. The first-order chi connectivity index (χ1) is 17.3. The third-order valence-electron chi connectivity index (χ3n) is 6.44. The standard InChI is InChI=1S/C25H27F5N2O5.ClH/c1-14(31-23(34)15-3-6-21-16(7-15)11-35-13-24(21,26)27)20-5-4-19(9-22(20)37-25(28,29)30)36-12-17-8-18(33)10-32(17)2;/h3-7,9,14,17-18,33H,8,10-13H2,1-2H3,(H,31,34);1H/t14-,17+,18+;/m0./s1. The fraction of sp³-hybridized carbons (Fsp3) is 0.480. The van der Waals surface area contributed by atoms with Crippen LogP contribution in [0.4, 0.5) is 22.0 Å². The van der Waals surface area contributed by atoms with Gasteiger partial charge in [-0.15, -0.1) is 25.6 Å². The second-order valence-electron chi connectivity index (χ2n) is 9.31. The van der Waals surface area contributed by atoms with Gasteiger partial charge in [0, 0.05) is 35.3 Å². The van der Waals surface area contributed by atoms with E-state index in [1.165, 1.54) is 31.2 Å². The second-order valence-corrected chi connectivity index (χ2v) is 9.31. The third kappa shape index (κ3) is 7.04. The average Bonchev–Trinajstić information content (AvgIpc) is 3.12. The number of hydrogen-bond donors (Lipinski definition) is 2. The molecule has 2 heterocycles. The number of β-amino-alcohol motifs (C(OH)–C–C–N with tert-alkyl or cyclic N) is 1. The van der Waals surface area contributed by atoms with Gasteiger partial charge in [0.25, 0.3) is 11.8 Å². The van der Waals surface area contributed by atoms with Crippen molar-refractivity contribution in [3.05, 3.63) is 58.7 Å². The summed E-state index contributed by atoms with van der Waals surface area (Å²) in [4.78, 5) is 14.7. The van der Waals surface area contributed by atoms with E-state index in [2.05, 4.69) is 10.1 Å². The molecule has 2 aliphatic heterocycles. The van der Waals surface area contributed by atoms with Crippen LogP contribution in [-0.2, 0) is 17.3 Å². The molecule has 7 nitrogen and oxygen atoms in total. The average molecular weight is 567 g/mol. The predicted molar refractivity (Wildman–Crippen MR) is 129 cm³/mol. The van der Waals surface area contributed by atoms with Gasteiger partial charge in [-0.2, -0.15) is 8.78 Å². The molecule has 0 aliphatic carbocycles. The number of carbonyl (C=O) groups excluding carboxylic acids is 1. The van der Waals surface area contributed by atoms with Crippen LogP contribution in [0.15, 0.2) is 36.4 Å².